The van der Waals surface area contributed by atoms with E-state index in [1.54, 1.807) is 42.5 Å². The summed E-state index contributed by atoms with van der Waals surface area (Å²) >= 11 is 0. The third-order valence-electron chi connectivity index (χ3n) is 3.35. The van der Waals surface area contributed by atoms with Crippen molar-refractivity contribution in [3.8, 4) is 22.8 Å². The number of hydrogen-bond donors (Lipinski definition) is 2. The largest absolute Gasteiger partial charge is 0.336 e. The fourth-order valence-corrected chi connectivity index (χ4v) is 2.22. The van der Waals surface area contributed by atoms with Gasteiger partial charge in [-0.2, -0.15) is 4.98 Å². The Kier molecular flexibility index (Phi) is 4.74. The van der Waals surface area contributed by atoms with Crippen LogP contribution >= 0.6 is 0 Å². The molecule has 7 heteroatoms. The second-order valence-corrected chi connectivity index (χ2v) is 5.73. The van der Waals surface area contributed by atoms with E-state index in [9.17, 15) is 9.18 Å². The van der Waals surface area contributed by atoms with Crippen LogP contribution in [-0.2, 0) is 0 Å². The van der Waals surface area contributed by atoms with Crippen LogP contribution in [0.3, 0.4) is 0 Å². The Morgan fingerprint density at radius 3 is 2.52 bits per heavy atom. The summed E-state index contributed by atoms with van der Waals surface area (Å²) < 4.78 is 18.9. The Morgan fingerprint density at radius 2 is 1.84 bits per heavy atom. The highest BCUT2D eigenvalue weighted by molar-refractivity contribution is 5.89. The van der Waals surface area contributed by atoms with Gasteiger partial charge in [0.15, 0.2) is 0 Å². The summed E-state index contributed by atoms with van der Waals surface area (Å²) in [7, 11) is 0. The number of nitrogens with one attached hydrogen (secondary N) is 2. The number of amides is 2. The molecule has 25 heavy (non-hydrogen) atoms. The number of aromatic nitrogens is 2. The molecule has 3 rings (SSSR count). The number of nitrogens with zero attached hydrogens (tertiary/aromatic N) is 2. The molecule has 1 heterocycles. The van der Waals surface area contributed by atoms with Crippen LogP contribution in [0.15, 0.2) is 53.1 Å². The van der Waals surface area contributed by atoms with Crippen LogP contribution in [0.5, 0.6) is 0 Å². The second kappa shape index (κ2) is 7.12. The Morgan fingerprint density at radius 1 is 1.12 bits per heavy atom. The minimum Gasteiger partial charge on any atom is -0.336 e. The molecule has 3 aromatic rings. The molecular formula is C18H17FN4O2. The number of anilines is 1. The predicted molar refractivity (Wildman–Crippen MR) is 92.4 cm³/mol. The summed E-state index contributed by atoms with van der Waals surface area (Å²) in [5.41, 5.74) is 1.59. The van der Waals surface area contributed by atoms with Gasteiger partial charge in [-0.15, -0.1) is 0 Å². The van der Waals surface area contributed by atoms with Crippen molar-refractivity contribution in [3.05, 3.63) is 54.3 Å². The number of hydrogen-bond acceptors (Lipinski definition) is 4. The van der Waals surface area contributed by atoms with Crippen molar-refractivity contribution in [1.82, 2.24) is 15.5 Å². The van der Waals surface area contributed by atoms with Gasteiger partial charge in [0, 0.05) is 17.3 Å². The Bertz CT molecular complexity index is 875. The van der Waals surface area contributed by atoms with E-state index in [4.69, 9.17) is 4.52 Å². The summed E-state index contributed by atoms with van der Waals surface area (Å²) in [6.07, 6.45) is 0. The van der Waals surface area contributed by atoms with Gasteiger partial charge in [-0.1, -0.05) is 17.3 Å². The van der Waals surface area contributed by atoms with Crippen LogP contribution < -0.4 is 10.6 Å². The topological polar surface area (TPSA) is 80.0 Å². The van der Waals surface area contributed by atoms with Gasteiger partial charge in [0.25, 0.3) is 5.89 Å². The van der Waals surface area contributed by atoms with Crippen LogP contribution in [0.25, 0.3) is 22.8 Å². The summed E-state index contributed by atoms with van der Waals surface area (Å²) in [5.74, 6) is 0.0384. The van der Waals surface area contributed by atoms with E-state index >= 15 is 0 Å². The molecule has 2 aromatic carbocycles. The summed E-state index contributed by atoms with van der Waals surface area (Å²) in [6, 6.07) is 12.9. The molecule has 0 aliphatic carbocycles. The van der Waals surface area contributed by atoms with Gasteiger partial charge >= 0.3 is 6.03 Å². The van der Waals surface area contributed by atoms with E-state index in [1.165, 1.54) is 6.07 Å². The van der Waals surface area contributed by atoms with Crippen molar-refractivity contribution in [2.24, 2.45) is 0 Å². The minimum atomic E-state index is -0.423. The third-order valence-corrected chi connectivity index (χ3v) is 3.35. The van der Waals surface area contributed by atoms with Crippen molar-refractivity contribution in [2.75, 3.05) is 5.32 Å². The van der Waals surface area contributed by atoms with Gasteiger partial charge in [-0.05, 0) is 50.2 Å². The smallest absolute Gasteiger partial charge is 0.319 e. The zero-order valence-corrected chi connectivity index (χ0v) is 13.8. The molecule has 0 saturated carbocycles. The lowest BCUT2D eigenvalue weighted by Gasteiger charge is -2.10. The quantitative estimate of drug-likeness (QED) is 0.750. The van der Waals surface area contributed by atoms with Gasteiger partial charge < -0.3 is 15.2 Å². The first-order valence-electron chi connectivity index (χ1n) is 7.79. The van der Waals surface area contributed by atoms with Gasteiger partial charge in [-0.25, -0.2) is 9.18 Å². The molecule has 0 spiro atoms. The molecule has 0 bridgehead atoms. The number of carbonyl (C=O) groups excluding carboxylic acids is 1. The maximum Gasteiger partial charge on any atom is 0.319 e. The predicted octanol–water partition coefficient (Wildman–Crippen LogP) is 4.07. The normalized spacial score (nSPS) is 10.7. The van der Waals surface area contributed by atoms with Gasteiger partial charge in [0.1, 0.15) is 5.82 Å². The van der Waals surface area contributed by atoms with E-state index in [2.05, 4.69) is 20.8 Å². The number of benzene rings is 2. The molecular weight excluding hydrogens is 323 g/mol. The van der Waals surface area contributed by atoms with Gasteiger partial charge in [0.2, 0.25) is 5.82 Å². The first kappa shape index (κ1) is 16.6. The molecule has 2 N–H and O–H groups in total. The minimum absolute atomic E-state index is 0.0513. The van der Waals surface area contributed by atoms with Gasteiger partial charge in [-0.3, -0.25) is 0 Å². The van der Waals surface area contributed by atoms with Crippen LogP contribution in [0, 0.1) is 5.82 Å². The standard InChI is InChI=1S/C18H17FN4O2/c1-11(2)20-18(24)21-13-9-7-12(8-10-13)16-22-17(25-23-16)14-5-3-4-6-15(14)19/h3-11H,1-2H3,(H2,20,21,24). The van der Waals surface area contributed by atoms with Crippen LogP contribution in [0.1, 0.15) is 13.8 Å². The lowest BCUT2D eigenvalue weighted by Crippen LogP contribution is -2.34. The zero-order valence-electron chi connectivity index (χ0n) is 13.8. The van der Waals surface area contributed by atoms with Crippen LogP contribution in [0.2, 0.25) is 0 Å². The average molecular weight is 340 g/mol. The Hall–Kier alpha value is -3.22. The molecule has 0 fully saturated rings. The molecule has 1 aromatic heterocycles. The van der Waals surface area contributed by atoms with Crippen molar-refractivity contribution in [1.29, 1.82) is 0 Å². The summed E-state index contributed by atoms with van der Waals surface area (Å²) in [5, 5.41) is 9.35. The fourth-order valence-electron chi connectivity index (χ4n) is 2.22. The highest BCUT2D eigenvalue weighted by atomic mass is 19.1. The lowest BCUT2D eigenvalue weighted by atomic mass is 10.2. The maximum atomic E-state index is 13.8. The zero-order chi connectivity index (χ0) is 17.8. The molecule has 0 saturated heterocycles. The summed E-state index contributed by atoms with van der Waals surface area (Å²) in [6.45, 7) is 3.76. The second-order valence-electron chi connectivity index (χ2n) is 5.73. The SMILES string of the molecule is CC(C)NC(=O)Nc1ccc(-c2noc(-c3ccccc3F)n2)cc1. The fraction of sp³-hybridized carbons (Fsp3) is 0.167. The Balaban J connectivity index is 1.75. The van der Waals surface area contributed by atoms with Crippen molar-refractivity contribution >= 4 is 11.7 Å². The molecule has 0 atom stereocenters. The number of carbonyl (C=O) groups is 1. The molecule has 2 amide bonds. The highest BCUT2D eigenvalue weighted by Gasteiger charge is 2.14. The van der Waals surface area contributed by atoms with Crippen molar-refractivity contribution in [3.63, 3.8) is 0 Å². The monoisotopic (exact) mass is 340 g/mol. The molecule has 0 aliphatic heterocycles. The Labute approximate surface area is 144 Å². The summed E-state index contributed by atoms with van der Waals surface area (Å²) in [4.78, 5) is 15.9. The van der Waals surface area contributed by atoms with E-state index in [0.717, 1.165) is 0 Å². The molecule has 128 valence electrons. The molecule has 0 unspecified atom stereocenters. The van der Waals surface area contributed by atoms with Gasteiger partial charge in [0.05, 0.1) is 5.56 Å². The van der Waals surface area contributed by atoms with E-state index in [1.807, 2.05) is 13.8 Å². The molecule has 6 nitrogen and oxygen atoms in total. The first-order valence-corrected chi connectivity index (χ1v) is 7.79. The van der Waals surface area contributed by atoms with E-state index in [-0.39, 0.29) is 23.5 Å². The molecule has 0 aliphatic rings. The number of urea groups is 1. The number of rotatable bonds is 4. The lowest BCUT2D eigenvalue weighted by molar-refractivity contribution is 0.250. The highest BCUT2D eigenvalue weighted by Crippen LogP contribution is 2.25. The van der Waals surface area contributed by atoms with Crippen molar-refractivity contribution in [2.45, 2.75) is 19.9 Å². The third kappa shape index (κ3) is 4.00. The van der Waals surface area contributed by atoms with Crippen LogP contribution in [0.4, 0.5) is 14.9 Å². The van der Waals surface area contributed by atoms with E-state index in [0.29, 0.717) is 17.1 Å². The van der Waals surface area contributed by atoms with Crippen molar-refractivity contribution < 1.29 is 13.7 Å². The number of halogens is 1. The average Bonchev–Trinajstić information content (AvgIpc) is 3.05. The van der Waals surface area contributed by atoms with Crippen LogP contribution in [-0.4, -0.2) is 22.2 Å². The van der Waals surface area contributed by atoms with E-state index < -0.39 is 5.82 Å². The molecule has 0 radical (unpaired) electrons. The maximum absolute atomic E-state index is 13.8. The first-order chi connectivity index (χ1) is 12.0.